The second-order valence-electron chi connectivity index (χ2n) is 5.30. The minimum Gasteiger partial charge on any atom is -0.347 e. The van der Waals surface area contributed by atoms with Crippen LogP contribution in [0.1, 0.15) is 19.4 Å². The van der Waals surface area contributed by atoms with E-state index in [4.69, 9.17) is 10.5 Å². The van der Waals surface area contributed by atoms with Crippen LogP contribution in [-0.4, -0.2) is 12.8 Å². The molecule has 0 radical (unpaired) electrons. The number of nitrogens with zero attached hydrogens (tertiary/aromatic N) is 4. The molecule has 0 N–H and O–H groups in total. The number of para-hydroxylation sites is 1. The van der Waals surface area contributed by atoms with Crippen molar-refractivity contribution >= 4 is 11.4 Å². The maximum atomic E-state index is 8.62. The van der Waals surface area contributed by atoms with Gasteiger partial charge in [-0.05, 0) is 23.8 Å². The highest BCUT2D eigenvalue weighted by Gasteiger charge is 2.37. The van der Waals surface area contributed by atoms with Crippen molar-refractivity contribution in [2.75, 3.05) is 11.9 Å². The summed E-state index contributed by atoms with van der Waals surface area (Å²) < 4.78 is 0. The first-order valence-corrected chi connectivity index (χ1v) is 6.61. The van der Waals surface area contributed by atoms with Crippen LogP contribution in [0.3, 0.4) is 0 Å². The fourth-order valence-corrected chi connectivity index (χ4v) is 2.64. The largest absolute Gasteiger partial charge is 0.347 e. The fourth-order valence-electron chi connectivity index (χ4n) is 2.64. The summed E-state index contributed by atoms with van der Waals surface area (Å²) >= 11 is 0. The lowest BCUT2D eigenvalue weighted by Gasteiger charge is -2.23. The van der Waals surface area contributed by atoms with E-state index >= 15 is 0 Å². The SMILES string of the molecule is CN1/C(=C/C=C\N=C(C#N)C#N)C(C)(C)c2ccccc21. The zero-order chi connectivity index (χ0) is 15.5. The second kappa shape index (κ2) is 5.64. The highest BCUT2D eigenvalue weighted by Crippen LogP contribution is 2.46. The standard InChI is InChI=1S/C17H16N4/c1-17(2)14-7-4-5-8-15(14)21(3)16(17)9-6-10-20-13(11-18)12-19/h4-10H,1-3H3/b10-6-,16-9+. The lowest BCUT2D eigenvalue weighted by Crippen LogP contribution is -2.22. The monoisotopic (exact) mass is 276 g/mol. The molecule has 0 atom stereocenters. The molecule has 1 aromatic rings. The quantitative estimate of drug-likeness (QED) is 0.778. The third kappa shape index (κ3) is 2.57. The zero-order valence-corrected chi connectivity index (χ0v) is 12.3. The molecule has 0 bridgehead atoms. The molecule has 1 aliphatic rings. The second-order valence-corrected chi connectivity index (χ2v) is 5.30. The molecular weight excluding hydrogens is 260 g/mol. The Morgan fingerprint density at radius 1 is 1.24 bits per heavy atom. The molecule has 21 heavy (non-hydrogen) atoms. The summed E-state index contributed by atoms with van der Waals surface area (Å²) in [4.78, 5) is 5.95. The van der Waals surface area contributed by atoms with E-state index in [1.54, 1.807) is 18.2 Å². The Morgan fingerprint density at radius 3 is 2.52 bits per heavy atom. The van der Waals surface area contributed by atoms with Crippen LogP contribution in [-0.2, 0) is 5.41 Å². The summed E-state index contributed by atoms with van der Waals surface area (Å²) in [5.41, 5.74) is 3.38. The highest BCUT2D eigenvalue weighted by molar-refractivity contribution is 6.10. The van der Waals surface area contributed by atoms with Gasteiger partial charge in [-0.2, -0.15) is 10.5 Å². The van der Waals surface area contributed by atoms with Crippen molar-refractivity contribution in [3.05, 3.63) is 53.9 Å². The molecule has 0 saturated carbocycles. The van der Waals surface area contributed by atoms with Crippen molar-refractivity contribution in [3.63, 3.8) is 0 Å². The fraction of sp³-hybridized carbons (Fsp3) is 0.235. The normalized spacial score (nSPS) is 17.4. The number of benzene rings is 1. The van der Waals surface area contributed by atoms with Gasteiger partial charge in [-0.1, -0.05) is 32.0 Å². The predicted molar refractivity (Wildman–Crippen MR) is 83.8 cm³/mol. The van der Waals surface area contributed by atoms with E-state index in [2.05, 4.69) is 35.9 Å². The van der Waals surface area contributed by atoms with Crippen molar-refractivity contribution in [2.24, 2.45) is 4.99 Å². The van der Waals surface area contributed by atoms with Crippen molar-refractivity contribution in [1.82, 2.24) is 0 Å². The molecule has 1 heterocycles. The van der Waals surface area contributed by atoms with Gasteiger partial charge >= 0.3 is 0 Å². The van der Waals surface area contributed by atoms with Gasteiger partial charge in [-0.25, -0.2) is 4.99 Å². The third-order valence-electron chi connectivity index (χ3n) is 3.70. The number of hydrogen-bond donors (Lipinski definition) is 0. The van der Waals surface area contributed by atoms with Crippen LogP contribution in [0.4, 0.5) is 5.69 Å². The molecule has 1 aliphatic heterocycles. The Morgan fingerprint density at radius 2 is 1.90 bits per heavy atom. The Hall–Kier alpha value is -2.85. The molecule has 0 spiro atoms. The Labute approximate surface area is 125 Å². The van der Waals surface area contributed by atoms with Crippen LogP contribution in [0.2, 0.25) is 0 Å². The topological polar surface area (TPSA) is 63.2 Å². The van der Waals surface area contributed by atoms with Crippen LogP contribution in [0.5, 0.6) is 0 Å². The summed E-state index contributed by atoms with van der Waals surface area (Å²) in [6.07, 6.45) is 5.20. The van der Waals surface area contributed by atoms with Crippen molar-refractivity contribution in [1.29, 1.82) is 10.5 Å². The van der Waals surface area contributed by atoms with E-state index in [1.165, 1.54) is 17.5 Å². The van der Waals surface area contributed by atoms with Crippen LogP contribution >= 0.6 is 0 Å². The number of rotatable bonds is 2. The summed E-state index contributed by atoms with van der Waals surface area (Å²) in [5, 5.41) is 17.2. The molecule has 0 unspecified atom stereocenters. The van der Waals surface area contributed by atoms with Gasteiger partial charge in [-0.15, -0.1) is 0 Å². The van der Waals surface area contributed by atoms with Crippen molar-refractivity contribution < 1.29 is 0 Å². The molecule has 1 aromatic carbocycles. The van der Waals surface area contributed by atoms with Gasteiger partial charge in [0.25, 0.3) is 0 Å². The Balaban J connectivity index is 2.33. The van der Waals surface area contributed by atoms with Crippen molar-refractivity contribution in [2.45, 2.75) is 19.3 Å². The zero-order valence-electron chi connectivity index (χ0n) is 12.3. The molecule has 104 valence electrons. The average molecular weight is 276 g/mol. The number of anilines is 1. The first-order valence-electron chi connectivity index (χ1n) is 6.61. The molecule has 0 saturated heterocycles. The van der Waals surface area contributed by atoms with Gasteiger partial charge in [0.15, 0.2) is 0 Å². The van der Waals surface area contributed by atoms with Gasteiger partial charge in [0.1, 0.15) is 12.1 Å². The Bertz CT molecular complexity index is 708. The Kier molecular flexibility index (Phi) is 3.91. The van der Waals surface area contributed by atoms with E-state index in [1.807, 2.05) is 25.3 Å². The van der Waals surface area contributed by atoms with Crippen LogP contribution in [0.15, 0.2) is 53.3 Å². The molecular formula is C17H16N4. The maximum Gasteiger partial charge on any atom is 0.217 e. The average Bonchev–Trinajstić information content (AvgIpc) is 2.68. The number of aliphatic imine (C=N–C) groups is 1. The van der Waals surface area contributed by atoms with Gasteiger partial charge in [0, 0.05) is 30.0 Å². The lowest BCUT2D eigenvalue weighted by atomic mass is 9.84. The minimum absolute atomic E-state index is 0.0906. The van der Waals surface area contributed by atoms with E-state index in [0.717, 1.165) is 5.70 Å². The first-order chi connectivity index (χ1) is 10.0. The third-order valence-corrected chi connectivity index (χ3v) is 3.70. The lowest BCUT2D eigenvalue weighted by molar-refractivity contribution is 0.640. The smallest absolute Gasteiger partial charge is 0.217 e. The van der Waals surface area contributed by atoms with Crippen LogP contribution in [0, 0.1) is 22.7 Å². The number of fused-ring (bicyclic) bond motifs is 1. The summed E-state index contributed by atoms with van der Waals surface area (Å²) in [6, 6.07) is 11.8. The van der Waals surface area contributed by atoms with E-state index in [9.17, 15) is 0 Å². The van der Waals surface area contributed by atoms with E-state index in [-0.39, 0.29) is 11.1 Å². The first kappa shape index (κ1) is 14.6. The van der Waals surface area contributed by atoms with Gasteiger partial charge in [0.05, 0.1) is 0 Å². The summed E-state index contributed by atoms with van der Waals surface area (Å²) in [6.45, 7) is 4.35. The number of nitriles is 2. The molecule has 0 amide bonds. The van der Waals surface area contributed by atoms with Crippen LogP contribution < -0.4 is 4.90 Å². The minimum atomic E-state index is -0.146. The number of allylic oxidation sites excluding steroid dienone is 3. The molecule has 4 heteroatoms. The van der Waals surface area contributed by atoms with Crippen LogP contribution in [0.25, 0.3) is 0 Å². The summed E-state index contributed by atoms with van der Waals surface area (Å²) in [5.74, 6) is 0. The van der Waals surface area contributed by atoms with E-state index < -0.39 is 0 Å². The molecule has 0 fully saturated rings. The molecule has 0 aromatic heterocycles. The van der Waals surface area contributed by atoms with E-state index in [0.29, 0.717) is 0 Å². The van der Waals surface area contributed by atoms with Gasteiger partial charge < -0.3 is 4.90 Å². The summed E-state index contributed by atoms with van der Waals surface area (Å²) in [7, 11) is 2.03. The number of likely N-dealkylation sites (N-methyl/N-ethyl adjacent to an activating group) is 1. The molecule has 2 rings (SSSR count). The van der Waals surface area contributed by atoms with Gasteiger partial charge in [0.2, 0.25) is 5.71 Å². The number of hydrogen-bond acceptors (Lipinski definition) is 4. The highest BCUT2D eigenvalue weighted by atomic mass is 15.2. The molecule has 0 aliphatic carbocycles. The predicted octanol–water partition coefficient (Wildman–Crippen LogP) is 3.30. The maximum absolute atomic E-state index is 8.62. The van der Waals surface area contributed by atoms with Crippen molar-refractivity contribution in [3.8, 4) is 12.1 Å². The van der Waals surface area contributed by atoms with Gasteiger partial charge in [-0.3, -0.25) is 0 Å². The molecule has 4 nitrogen and oxygen atoms in total.